The average Bonchev–Trinajstić information content (AvgIpc) is 3.11. The van der Waals surface area contributed by atoms with Crippen LogP contribution < -0.4 is 14.8 Å². The first-order chi connectivity index (χ1) is 12.6. The third-order valence-electron chi connectivity index (χ3n) is 3.71. The first-order valence-electron chi connectivity index (χ1n) is 7.71. The zero-order valence-electron chi connectivity index (χ0n) is 13.3. The first-order valence-corrected chi connectivity index (χ1v) is 8.09. The minimum atomic E-state index is -0.977. The van der Waals surface area contributed by atoms with E-state index in [1.54, 1.807) is 12.1 Å². The number of nitrogens with zero attached hydrogens (tertiary/aromatic N) is 2. The zero-order valence-corrected chi connectivity index (χ0v) is 14.0. The normalized spacial score (nSPS) is 12.9. The zero-order chi connectivity index (χ0) is 18.1. The van der Waals surface area contributed by atoms with E-state index in [2.05, 4.69) is 15.5 Å². The molecule has 2 heterocycles. The SMILES string of the molecule is Fc1ccc(-c2noc(CNc3cc4c(cc3Cl)OCCO4)n2)cc1F. The number of nitrogens with one attached hydrogen (secondary N) is 1. The predicted molar refractivity (Wildman–Crippen MR) is 89.4 cm³/mol. The summed E-state index contributed by atoms with van der Waals surface area (Å²) in [4.78, 5) is 4.16. The molecular weight excluding hydrogens is 368 g/mol. The van der Waals surface area contributed by atoms with Gasteiger partial charge in [0.15, 0.2) is 23.1 Å². The number of halogens is 3. The summed E-state index contributed by atoms with van der Waals surface area (Å²) in [7, 11) is 0. The van der Waals surface area contributed by atoms with Crippen molar-refractivity contribution in [2.75, 3.05) is 18.5 Å². The Kier molecular flexibility index (Phi) is 4.34. The van der Waals surface area contributed by atoms with E-state index >= 15 is 0 Å². The summed E-state index contributed by atoms with van der Waals surface area (Å²) in [5, 5.41) is 7.29. The monoisotopic (exact) mass is 379 g/mol. The van der Waals surface area contributed by atoms with Crippen molar-refractivity contribution < 1.29 is 22.8 Å². The fourth-order valence-corrected chi connectivity index (χ4v) is 2.67. The van der Waals surface area contributed by atoms with Gasteiger partial charge >= 0.3 is 0 Å². The molecule has 0 spiro atoms. The van der Waals surface area contributed by atoms with Crippen LogP contribution in [0.4, 0.5) is 14.5 Å². The van der Waals surface area contributed by atoms with E-state index in [4.69, 9.17) is 25.6 Å². The van der Waals surface area contributed by atoms with Gasteiger partial charge in [0.1, 0.15) is 13.2 Å². The predicted octanol–water partition coefficient (Wildman–Crippen LogP) is 4.05. The highest BCUT2D eigenvalue weighted by Crippen LogP contribution is 2.38. The molecule has 1 aliphatic heterocycles. The molecule has 6 nitrogen and oxygen atoms in total. The standard InChI is InChI=1S/C17H12ClF2N3O3/c18-10-6-14-15(25-4-3-24-14)7-13(10)21-8-16-22-17(23-26-16)9-1-2-11(19)12(20)5-9/h1-2,5-7,21H,3-4,8H2. The first kappa shape index (κ1) is 16.6. The van der Waals surface area contributed by atoms with E-state index in [0.29, 0.717) is 41.0 Å². The molecule has 0 bridgehead atoms. The quantitative estimate of drug-likeness (QED) is 0.737. The minimum Gasteiger partial charge on any atom is -0.486 e. The number of fused-ring (bicyclic) bond motifs is 1. The number of ether oxygens (including phenoxy) is 2. The summed E-state index contributed by atoms with van der Waals surface area (Å²) < 4.78 is 42.4. The van der Waals surface area contributed by atoms with Gasteiger partial charge in [-0.3, -0.25) is 0 Å². The van der Waals surface area contributed by atoms with Crippen molar-refractivity contribution in [2.24, 2.45) is 0 Å². The summed E-state index contributed by atoms with van der Waals surface area (Å²) in [6, 6.07) is 6.78. The summed E-state index contributed by atoms with van der Waals surface area (Å²) >= 11 is 6.22. The molecule has 1 aromatic heterocycles. The van der Waals surface area contributed by atoms with Crippen molar-refractivity contribution in [2.45, 2.75) is 6.54 Å². The molecular formula is C17H12ClF2N3O3. The third-order valence-corrected chi connectivity index (χ3v) is 4.02. The van der Waals surface area contributed by atoms with Gasteiger partial charge in [0.05, 0.1) is 17.3 Å². The van der Waals surface area contributed by atoms with Crippen LogP contribution in [0.15, 0.2) is 34.9 Å². The number of anilines is 1. The maximum Gasteiger partial charge on any atom is 0.246 e. The lowest BCUT2D eigenvalue weighted by Crippen LogP contribution is -2.15. The Hall–Kier alpha value is -2.87. The fourth-order valence-electron chi connectivity index (χ4n) is 2.45. The summed E-state index contributed by atoms with van der Waals surface area (Å²) in [5.74, 6) is -0.312. The molecule has 0 amide bonds. The number of rotatable bonds is 4. The van der Waals surface area contributed by atoms with E-state index in [-0.39, 0.29) is 18.3 Å². The maximum atomic E-state index is 13.3. The van der Waals surface area contributed by atoms with Crippen molar-refractivity contribution in [3.05, 3.63) is 52.9 Å². The van der Waals surface area contributed by atoms with Crippen molar-refractivity contribution >= 4 is 17.3 Å². The molecule has 134 valence electrons. The molecule has 1 aliphatic rings. The number of benzene rings is 2. The van der Waals surface area contributed by atoms with Gasteiger partial charge in [-0.25, -0.2) is 8.78 Å². The fraction of sp³-hybridized carbons (Fsp3) is 0.176. The summed E-state index contributed by atoms with van der Waals surface area (Å²) in [6.07, 6.45) is 0. The number of aromatic nitrogens is 2. The molecule has 9 heteroatoms. The van der Waals surface area contributed by atoms with Crippen LogP contribution in [0, 0.1) is 11.6 Å². The molecule has 0 radical (unpaired) electrons. The highest BCUT2D eigenvalue weighted by atomic mass is 35.5. The van der Waals surface area contributed by atoms with Crippen molar-refractivity contribution in [1.82, 2.24) is 10.1 Å². The molecule has 1 N–H and O–H groups in total. The highest BCUT2D eigenvalue weighted by Gasteiger charge is 2.16. The summed E-state index contributed by atoms with van der Waals surface area (Å²) in [6.45, 7) is 1.14. The number of hydrogen-bond donors (Lipinski definition) is 1. The van der Waals surface area contributed by atoms with Gasteiger partial charge in [-0.2, -0.15) is 4.98 Å². The van der Waals surface area contributed by atoms with Crippen molar-refractivity contribution in [1.29, 1.82) is 0 Å². The largest absolute Gasteiger partial charge is 0.486 e. The lowest BCUT2D eigenvalue weighted by molar-refractivity contribution is 0.171. The number of hydrogen-bond acceptors (Lipinski definition) is 6. The van der Waals surface area contributed by atoms with Crippen LogP contribution in [0.1, 0.15) is 5.89 Å². The van der Waals surface area contributed by atoms with Gasteiger partial charge in [-0.1, -0.05) is 16.8 Å². The molecule has 0 unspecified atom stereocenters. The molecule has 0 saturated heterocycles. The molecule has 4 rings (SSSR count). The van der Waals surface area contributed by atoms with Crippen LogP contribution in [0.2, 0.25) is 5.02 Å². The maximum absolute atomic E-state index is 13.3. The molecule has 0 saturated carbocycles. The second-order valence-corrected chi connectivity index (χ2v) is 5.88. The van der Waals surface area contributed by atoms with Crippen molar-refractivity contribution in [3.63, 3.8) is 0 Å². The molecule has 2 aromatic carbocycles. The average molecular weight is 380 g/mol. The van der Waals surface area contributed by atoms with E-state index in [1.807, 2.05) is 0 Å². The van der Waals surface area contributed by atoms with Gasteiger partial charge in [-0.05, 0) is 18.2 Å². The van der Waals surface area contributed by atoms with Crippen molar-refractivity contribution in [3.8, 4) is 22.9 Å². The Morgan fingerprint density at radius 2 is 1.81 bits per heavy atom. The minimum absolute atomic E-state index is 0.161. The van der Waals surface area contributed by atoms with Crippen LogP contribution >= 0.6 is 11.6 Å². The molecule has 0 aliphatic carbocycles. The lowest BCUT2D eigenvalue weighted by Gasteiger charge is -2.20. The topological polar surface area (TPSA) is 69.4 Å². The lowest BCUT2D eigenvalue weighted by atomic mass is 10.2. The molecule has 0 fully saturated rings. The second-order valence-electron chi connectivity index (χ2n) is 5.47. The van der Waals surface area contributed by atoms with Gasteiger partial charge in [0, 0.05) is 17.7 Å². The second kappa shape index (κ2) is 6.80. The van der Waals surface area contributed by atoms with Crippen LogP contribution in [0.3, 0.4) is 0 Å². The van der Waals surface area contributed by atoms with E-state index in [1.165, 1.54) is 6.07 Å². The Balaban J connectivity index is 1.49. The van der Waals surface area contributed by atoms with Gasteiger partial charge in [-0.15, -0.1) is 0 Å². The summed E-state index contributed by atoms with van der Waals surface area (Å²) in [5.41, 5.74) is 0.930. The Bertz CT molecular complexity index is 964. The van der Waals surface area contributed by atoms with E-state index in [0.717, 1.165) is 12.1 Å². The Morgan fingerprint density at radius 3 is 2.58 bits per heavy atom. The third kappa shape index (κ3) is 3.28. The molecule has 26 heavy (non-hydrogen) atoms. The Morgan fingerprint density at radius 1 is 1.04 bits per heavy atom. The molecule has 0 atom stereocenters. The Labute approximate surface area is 151 Å². The van der Waals surface area contributed by atoms with Gasteiger partial charge < -0.3 is 19.3 Å². The van der Waals surface area contributed by atoms with Gasteiger partial charge in [0.2, 0.25) is 11.7 Å². The van der Waals surface area contributed by atoms with Gasteiger partial charge in [0.25, 0.3) is 0 Å². The van der Waals surface area contributed by atoms with Crippen LogP contribution in [0.5, 0.6) is 11.5 Å². The van der Waals surface area contributed by atoms with Crippen LogP contribution in [-0.4, -0.2) is 23.4 Å². The highest BCUT2D eigenvalue weighted by molar-refractivity contribution is 6.33. The smallest absolute Gasteiger partial charge is 0.246 e. The van der Waals surface area contributed by atoms with E-state index < -0.39 is 11.6 Å². The molecule has 3 aromatic rings. The van der Waals surface area contributed by atoms with Crippen LogP contribution in [0.25, 0.3) is 11.4 Å². The van der Waals surface area contributed by atoms with E-state index in [9.17, 15) is 8.78 Å². The van der Waals surface area contributed by atoms with Crippen LogP contribution in [-0.2, 0) is 6.54 Å².